The second-order valence-corrected chi connectivity index (χ2v) is 5.63. The van der Waals surface area contributed by atoms with E-state index in [4.69, 9.17) is 0 Å². The minimum Gasteiger partial charge on any atom is -0.206 e. The Hall–Kier alpha value is -2.41. The zero-order valence-electron chi connectivity index (χ0n) is 15.1. The summed E-state index contributed by atoms with van der Waals surface area (Å²) in [7, 11) is 0. The minimum absolute atomic E-state index is 0.228. The Balaban J connectivity index is 4.90. The molecule has 0 heterocycles. The van der Waals surface area contributed by atoms with Crippen LogP contribution < -0.4 is 0 Å². The molecule has 0 amide bonds. The molecular formula is C23H29F. The van der Waals surface area contributed by atoms with Crippen LogP contribution in [0.2, 0.25) is 0 Å². The van der Waals surface area contributed by atoms with Crippen LogP contribution in [0.3, 0.4) is 0 Å². The summed E-state index contributed by atoms with van der Waals surface area (Å²) in [5, 5.41) is 0. The van der Waals surface area contributed by atoms with E-state index in [0.717, 1.165) is 30.4 Å². The molecule has 0 saturated heterocycles. The average molecular weight is 324 g/mol. The highest BCUT2D eigenvalue weighted by Gasteiger charge is 2.05. The van der Waals surface area contributed by atoms with Gasteiger partial charge in [-0.25, -0.2) is 4.39 Å². The van der Waals surface area contributed by atoms with Gasteiger partial charge in [0.25, 0.3) is 0 Å². The van der Waals surface area contributed by atoms with Crippen molar-refractivity contribution in [3.8, 4) is 0 Å². The highest BCUT2D eigenvalue weighted by atomic mass is 19.1. The Labute approximate surface area is 147 Å². The van der Waals surface area contributed by atoms with E-state index in [0.29, 0.717) is 16.7 Å². The van der Waals surface area contributed by atoms with E-state index in [9.17, 15) is 4.39 Å². The van der Waals surface area contributed by atoms with Gasteiger partial charge in [0, 0.05) is 5.57 Å². The van der Waals surface area contributed by atoms with Gasteiger partial charge in [0.05, 0.1) is 0 Å². The standard InChI is InChI=1S/C23H29F/c1-9-11-18(4)13-15-20(6)22(8)23(24)16-21(7)19(5)14-12-17(3)10-2/h12-16H,3-11H2,1-2H3/b14-12-,15-13-,23-16+. The van der Waals surface area contributed by atoms with Crippen molar-refractivity contribution in [1.29, 1.82) is 0 Å². The van der Waals surface area contributed by atoms with Crippen LogP contribution >= 0.6 is 0 Å². The predicted molar refractivity (Wildman–Crippen MR) is 108 cm³/mol. The van der Waals surface area contributed by atoms with Crippen molar-refractivity contribution in [3.05, 3.63) is 109 Å². The fraction of sp³-hybridized carbons (Fsp3) is 0.217. The first-order chi connectivity index (χ1) is 11.2. The Morgan fingerprint density at radius 1 is 0.750 bits per heavy atom. The van der Waals surface area contributed by atoms with Crippen molar-refractivity contribution < 1.29 is 4.39 Å². The van der Waals surface area contributed by atoms with Gasteiger partial charge in [-0.2, -0.15) is 0 Å². The molecule has 0 spiro atoms. The summed E-state index contributed by atoms with van der Waals surface area (Å²) in [6.07, 6.45) is 11.3. The van der Waals surface area contributed by atoms with Crippen LogP contribution in [0.4, 0.5) is 4.39 Å². The smallest absolute Gasteiger partial charge is 0.131 e. The summed E-state index contributed by atoms with van der Waals surface area (Å²) in [6, 6.07) is 0. The van der Waals surface area contributed by atoms with E-state index in [-0.39, 0.29) is 5.57 Å². The number of hydrogen-bond donors (Lipinski definition) is 0. The molecule has 0 nitrogen and oxygen atoms in total. The molecule has 0 fully saturated rings. The summed E-state index contributed by atoms with van der Waals surface area (Å²) in [4.78, 5) is 0. The molecule has 0 aromatic rings. The molecule has 0 aromatic heterocycles. The topological polar surface area (TPSA) is 0 Å². The van der Waals surface area contributed by atoms with E-state index >= 15 is 0 Å². The monoisotopic (exact) mass is 324 g/mol. The van der Waals surface area contributed by atoms with Gasteiger partial charge in [-0.3, -0.25) is 0 Å². The van der Waals surface area contributed by atoms with Crippen LogP contribution in [0.25, 0.3) is 0 Å². The number of hydrogen-bond acceptors (Lipinski definition) is 0. The average Bonchev–Trinajstić information content (AvgIpc) is 2.56. The van der Waals surface area contributed by atoms with Gasteiger partial charge in [0.15, 0.2) is 0 Å². The molecule has 24 heavy (non-hydrogen) atoms. The van der Waals surface area contributed by atoms with E-state index < -0.39 is 5.83 Å². The maximum atomic E-state index is 14.3. The summed E-state index contributed by atoms with van der Waals surface area (Å²) in [6.45, 7) is 27.2. The highest BCUT2D eigenvalue weighted by molar-refractivity contribution is 5.52. The highest BCUT2D eigenvalue weighted by Crippen LogP contribution is 2.22. The van der Waals surface area contributed by atoms with E-state index in [1.165, 1.54) is 6.08 Å². The molecule has 0 aliphatic rings. The molecule has 0 bridgehead atoms. The molecule has 0 N–H and O–H groups in total. The third kappa shape index (κ3) is 8.28. The Bertz CT molecular complexity index is 633. The summed E-state index contributed by atoms with van der Waals surface area (Å²) < 4.78 is 14.3. The third-order valence-corrected chi connectivity index (χ3v) is 3.46. The molecule has 0 aliphatic carbocycles. The molecule has 0 atom stereocenters. The predicted octanol–water partition coefficient (Wildman–Crippen LogP) is 7.50. The summed E-state index contributed by atoms with van der Waals surface area (Å²) in [5.74, 6) is -0.473. The van der Waals surface area contributed by atoms with Gasteiger partial charge >= 0.3 is 0 Å². The van der Waals surface area contributed by atoms with Crippen LogP contribution in [-0.4, -0.2) is 0 Å². The molecule has 128 valence electrons. The van der Waals surface area contributed by atoms with Crippen molar-refractivity contribution in [1.82, 2.24) is 0 Å². The largest absolute Gasteiger partial charge is 0.206 e. The summed E-state index contributed by atoms with van der Waals surface area (Å²) in [5.41, 5.74) is 3.81. The van der Waals surface area contributed by atoms with Gasteiger partial charge in [-0.15, -0.1) is 0 Å². The number of halogens is 1. The molecule has 0 rings (SSSR count). The van der Waals surface area contributed by atoms with Gasteiger partial charge < -0.3 is 0 Å². The second-order valence-electron chi connectivity index (χ2n) is 5.63. The normalized spacial score (nSPS) is 11.7. The van der Waals surface area contributed by atoms with Crippen LogP contribution in [0, 0.1) is 0 Å². The number of rotatable bonds is 11. The molecule has 0 radical (unpaired) electrons. The maximum Gasteiger partial charge on any atom is 0.131 e. The van der Waals surface area contributed by atoms with Crippen molar-refractivity contribution in [2.75, 3.05) is 0 Å². The van der Waals surface area contributed by atoms with Gasteiger partial charge in [-0.05, 0) is 35.6 Å². The van der Waals surface area contributed by atoms with Crippen molar-refractivity contribution >= 4 is 0 Å². The number of allylic oxidation sites excluding steroid dienone is 12. The molecule has 0 saturated carbocycles. The molecule has 1 heteroatoms. The second kappa shape index (κ2) is 11.2. The lowest BCUT2D eigenvalue weighted by molar-refractivity contribution is 0.655. The van der Waals surface area contributed by atoms with E-state index in [1.54, 1.807) is 12.2 Å². The van der Waals surface area contributed by atoms with Crippen LogP contribution in [-0.2, 0) is 0 Å². The first-order valence-corrected chi connectivity index (χ1v) is 8.08. The van der Waals surface area contributed by atoms with E-state index in [2.05, 4.69) is 46.4 Å². The van der Waals surface area contributed by atoms with Crippen LogP contribution in [0.5, 0.6) is 0 Å². The van der Waals surface area contributed by atoms with Crippen molar-refractivity contribution in [2.24, 2.45) is 0 Å². The quantitative estimate of drug-likeness (QED) is 0.345. The van der Waals surface area contributed by atoms with Gasteiger partial charge in [0.2, 0.25) is 0 Å². The first kappa shape index (κ1) is 21.6. The van der Waals surface area contributed by atoms with Gasteiger partial charge in [-0.1, -0.05) is 95.2 Å². The molecular weight excluding hydrogens is 295 g/mol. The van der Waals surface area contributed by atoms with Crippen molar-refractivity contribution in [2.45, 2.75) is 33.1 Å². The lowest BCUT2D eigenvalue weighted by Crippen LogP contribution is -1.88. The zero-order valence-corrected chi connectivity index (χ0v) is 15.1. The fourth-order valence-electron chi connectivity index (χ4n) is 1.65. The fourth-order valence-corrected chi connectivity index (χ4v) is 1.65. The van der Waals surface area contributed by atoms with Gasteiger partial charge in [0.1, 0.15) is 5.83 Å². The van der Waals surface area contributed by atoms with Crippen LogP contribution in [0.15, 0.2) is 109 Å². The Morgan fingerprint density at radius 3 is 1.83 bits per heavy atom. The minimum atomic E-state index is -0.473. The molecule has 0 aromatic carbocycles. The van der Waals surface area contributed by atoms with Crippen LogP contribution in [0.1, 0.15) is 33.1 Å². The molecule has 0 unspecified atom stereocenters. The summed E-state index contributed by atoms with van der Waals surface area (Å²) >= 11 is 0. The first-order valence-electron chi connectivity index (χ1n) is 8.08. The Kier molecular flexibility index (Phi) is 10.1. The van der Waals surface area contributed by atoms with Crippen molar-refractivity contribution in [3.63, 3.8) is 0 Å². The lowest BCUT2D eigenvalue weighted by Gasteiger charge is -2.05. The van der Waals surface area contributed by atoms with E-state index in [1.807, 2.05) is 19.1 Å². The molecule has 0 aliphatic heterocycles. The zero-order chi connectivity index (χ0) is 18.7. The lowest BCUT2D eigenvalue weighted by atomic mass is 10.0. The SMILES string of the molecule is C=C(/C=C\C(=C)C(=C)/C=C(/F)C(=C)C(=C)/C=C\C(=C)CCC)CC. The maximum absolute atomic E-state index is 14.3. The third-order valence-electron chi connectivity index (χ3n) is 3.46. The Morgan fingerprint density at radius 2 is 1.29 bits per heavy atom.